The zero-order valence-electron chi connectivity index (χ0n) is 8.21. The van der Waals surface area contributed by atoms with Crippen molar-refractivity contribution in [3.63, 3.8) is 0 Å². The molecule has 0 amide bonds. The van der Waals surface area contributed by atoms with Crippen LogP contribution in [0.4, 0.5) is 0 Å². The minimum atomic E-state index is 0.379. The first kappa shape index (κ1) is 8.55. The van der Waals surface area contributed by atoms with Crippen LogP contribution in [0, 0.1) is 23.2 Å². The number of hydrogen-bond acceptors (Lipinski definition) is 1. The quantitative estimate of drug-likeness (QED) is 0.671. The largest absolute Gasteiger partial charge is 0.396 e. The third-order valence-electron chi connectivity index (χ3n) is 4.80. The lowest BCUT2D eigenvalue weighted by molar-refractivity contribution is 0.0755. The molecule has 2 aliphatic carbocycles. The van der Waals surface area contributed by atoms with E-state index in [1.165, 1.54) is 19.3 Å². The summed E-state index contributed by atoms with van der Waals surface area (Å²) in [5, 5.41) is 9.04. The molecule has 0 aromatic carbocycles. The summed E-state index contributed by atoms with van der Waals surface area (Å²) in [7, 11) is 0. The smallest absolute Gasteiger partial charge is 0.0436 e. The normalized spacial score (nSPS) is 51.8. The lowest BCUT2D eigenvalue weighted by Gasteiger charge is -2.39. The molecule has 4 unspecified atom stereocenters. The molecular weight excluding hydrogens is 148 g/mol. The maximum absolute atomic E-state index is 9.04. The maximum Gasteiger partial charge on any atom is 0.0436 e. The van der Waals surface area contributed by atoms with Crippen LogP contribution in [-0.2, 0) is 0 Å². The minimum Gasteiger partial charge on any atom is -0.396 e. The van der Waals surface area contributed by atoms with Crippen LogP contribution in [0.5, 0.6) is 0 Å². The lowest BCUT2D eigenvalue weighted by atomic mass is 9.66. The Morgan fingerprint density at radius 1 is 1.42 bits per heavy atom. The van der Waals surface area contributed by atoms with Crippen LogP contribution in [0.15, 0.2) is 0 Å². The monoisotopic (exact) mass is 168 g/mol. The van der Waals surface area contributed by atoms with E-state index in [1.807, 2.05) is 0 Å². The van der Waals surface area contributed by atoms with Gasteiger partial charge in [0.1, 0.15) is 0 Å². The van der Waals surface area contributed by atoms with Gasteiger partial charge in [-0.05, 0) is 48.9 Å². The molecule has 1 heteroatoms. The maximum atomic E-state index is 9.04. The lowest BCUT2D eigenvalue weighted by Crippen LogP contribution is -2.32. The van der Waals surface area contributed by atoms with Crippen LogP contribution in [0.2, 0.25) is 0 Å². The fraction of sp³-hybridized carbons (Fsp3) is 1.00. The van der Waals surface area contributed by atoms with Crippen molar-refractivity contribution in [1.29, 1.82) is 0 Å². The van der Waals surface area contributed by atoms with Crippen molar-refractivity contribution in [2.24, 2.45) is 23.2 Å². The van der Waals surface area contributed by atoms with Crippen LogP contribution in [0.3, 0.4) is 0 Å². The fourth-order valence-electron chi connectivity index (χ4n) is 3.65. The third-order valence-corrected chi connectivity index (χ3v) is 4.80. The van der Waals surface area contributed by atoms with Crippen molar-refractivity contribution in [1.82, 2.24) is 0 Å². The van der Waals surface area contributed by atoms with E-state index < -0.39 is 0 Å². The van der Waals surface area contributed by atoms with E-state index in [0.717, 1.165) is 24.2 Å². The Kier molecular flexibility index (Phi) is 1.95. The van der Waals surface area contributed by atoms with Gasteiger partial charge in [-0.15, -0.1) is 0 Å². The van der Waals surface area contributed by atoms with Crippen LogP contribution in [0.1, 0.15) is 39.5 Å². The van der Waals surface area contributed by atoms with Gasteiger partial charge in [0.25, 0.3) is 0 Å². The molecule has 2 fully saturated rings. The molecule has 2 rings (SSSR count). The number of fused-ring (bicyclic) bond motifs is 2. The molecule has 0 aliphatic heterocycles. The Morgan fingerprint density at radius 3 is 2.67 bits per heavy atom. The Morgan fingerprint density at radius 2 is 2.17 bits per heavy atom. The SMILES string of the molecule is CC1C2CCC(C2)C1(C)CCO. The molecule has 0 aromatic rings. The average Bonchev–Trinajstić information content (AvgIpc) is 2.57. The summed E-state index contributed by atoms with van der Waals surface area (Å²) in [5.41, 5.74) is 0.470. The first-order valence-corrected chi connectivity index (χ1v) is 5.29. The molecule has 2 saturated carbocycles. The van der Waals surface area contributed by atoms with Crippen molar-refractivity contribution >= 4 is 0 Å². The van der Waals surface area contributed by atoms with Crippen LogP contribution in [0.25, 0.3) is 0 Å². The van der Waals surface area contributed by atoms with Gasteiger partial charge < -0.3 is 5.11 Å². The number of hydrogen-bond donors (Lipinski definition) is 1. The Hall–Kier alpha value is -0.0400. The molecule has 1 nitrogen and oxygen atoms in total. The highest BCUT2D eigenvalue weighted by Crippen LogP contribution is 2.60. The second-order valence-corrected chi connectivity index (χ2v) is 5.04. The molecule has 0 aromatic heterocycles. The van der Waals surface area contributed by atoms with Crippen molar-refractivity contribution in [2.45, 2.75) is 39.5 Å². The van der Waals surface area contributed by atoms with Gasteiger partial charge in [0, 0.05) is 6.61 Å². The summed E-state index contributed by atoms with van der Waals surface area (Å²) in [6.45, 7) is 5.15. The van der Waals surface area contributed by atoms with Gasteiger partial charge in [0.15, 0.2) is 0 Å². The zero-order chi connectivity index (χ0) is 8.77. The van der Waals surface area contributed by atoms with Crippen LogP contribution >= 0.6 is 0 Å². The third kappa shape index (κ3) is 0.953. The van der Waals surface area contributed by atoms with Crippen molar-refractivity contribution in [2.75, 3.05) is 6.61 Å². The molecule has 0 spiro atoms. The van der Waals surface area contributed by atoms with E-state index in [0.29, 0.717) is 12.0 Å². The van der Waals surface area contributed by atoms with Crippen LogP contribution in [-0.4, -0.2) is 11.7 Å². The van der Waals surface area contributed by atoms with E-state index in [9.17, 15) is 0 Å². The van der Waals surface area contributed by atoms with Gasteiger partial charge in [-0.2, -0.15) is 0 Å². The van der Waals surface area contributed by atoms with Crippen molar-refractivity contribution in [3.8, 4) is 0 Å². The zero-order valence-corrected chi connectivity index (χ0v) is 8.21. The number of rotatable bonds is 2. The van der Waals surface area contributed by atoms with Gasteiger partial charge >= 0.3 is 0 Å². The molecule has 0 saturated heterocycles. The van der Waals surface area contributed by atoms with Gasteiger partial charge in [-0.3, -0.25) is 0 Å². The molecule has 70 valence electrons. The van der Waals surface area contributed by atoms with Gasteiger partial charge in [0.05, 0.1) is 0 Å². The summed E-state index contributed by atoms with van der Waals surface area (Å²) in [5.74, 6) is 2.75. The van der Waals surface area contributed by atoms with E-state index >= 15 is 0 Å². The molecule has 4 atom stereocenters. The van der Waals surface area contributed by atoms with Crippen molar-refractivity contribution < 1.29 is 5.11 Å². The van der Waals surface area contributed by atoms with E-state index in [4.69, 9.17) is 5.11 Å². The molecule has 0 heterocycles. The predicted octanol–water partition coefficient (Wildman–Crippen LogP) is 2.44. The summed E-state index contributed by atoms with van der Waals surface area (Å²) in [6.07, 6.45) is 5.34. The number of aliphatic hydroxyl groups is 1. The molecule has 0 radical (unpaired) electrons. The van der Waals surface area contributed by atoms with E-state index in [1.54, 1.807) is 0 Å². The first-order valence-electron chi connectivity index (χ1n) is 5.29. The first-order chi connectivity index (χ1) is 5.68. The Bertz CT molecular complexity index is 174. The summed E-state index contributed by atoms with van der Waals surface area (Å²) in [4.78, 5) is 0. The summed E-state index contributed by atoms with van der Waals surface area (Å²) >= 11 is 0. The fourth-order valence-corrected chi connectivity index (χ4v) is 3.65. The van der Waals surface area contributed by atoms with Gasteiger partial charge in [-0.1, -0.05) is 13.8 Å². The highest BCUT2D eigenvalue weighted by molar-refractivity contribution is 5.01. The summed E-state index contributed by atoms with van der Waals surface area (Å²) in [6, 6.07) is 0. The highest BCUT2D eigenvalue weighted by atomic mass is 16.3. The molecule has 2 aliphatic rings. The highest BCUT2D eigenvalue weighted by Gasteiger charge is 2.52. The summed E-state index contributed by atoms with van der Waals surface area (Å²) < 4.78 is 0. The average molecular weight is 168 g/mol. The van der Waals surface area contributed by atoms with Crippen molar-refractivity contribution in [3.05, 3.63) is 0 Å². The van der Waals surface area contributed by atoms with Crippen LogP contribution < -0.4 is 0 Å². The standard InChI is InChI=1S/C11H20O/c1-8-9-3-4-10(7-9)11(8,2)5-6-12/h8-10,12H,3-7H2,1-2H3. The minimum absolute atomic E-state index is 0.379. The second-order valence-electron chi connectivity index (χ2n) is 5.04. The second kappa shape index (κ2) is 2.73. The van der Waals surface area contributed by atoms with Gasteiger partial charge in [0.2, 0.25) is 0 Å². The van der Waals surface area contributed by atoms with E-state index in [2.05, 4.69) is 13.8 Å². The number of aliphatic hydroxyl groups excluding tert-OH is 1. The molecular formula is C11H20O. The predicted molar refractivity (Wildman–Crippen MR) is 49.8 cm³/mol. The molecule has 12 heavy (non-hydrogen) atoms. The molecule has 1 N–H and O–H groups in total. The Labute approximate surface area is 75.2 Å². The van der Waals surface area contributed by atoms with Gasteiger partial charge in [-0.25, -0.2) is 0 Å². The Balaban J connectivity index is 2.15. The molecule has 2 bridgehead atoms. The van der Waals surface area contributed by atoms with E-state index in [-0.39, 0.29) is 0 Å². The topological polar surface area (TPSA) is 20.2 Å².